The number of carboxylic acids is 1. The fraction of sp³-hybridized carbons (Fsp3) is 0.439. The molecule has 0 saturated carbocycles. The van der Waals surface area contributed by atoms with Gasteiger partial charge in [0.15, 0.2) is 0 Å². The third kappa shape index (κ3) is 8.73. The molecule has 9 nitrogen and oxygen atoms in total. The molecule has 0 radical (unpaired) electrons. The first-order valence-corrected chi connectivity index (χ1v) is 18.4. The molecule has 4 aromatic rings. The van der Waals surface area contributed by atoms with Gasteiger partial charge in [0.05, 0.1) is 26.3 Å². The number of piperidine rings is 2. The number of carbonyl (C=O) groups excluding carboxylic acids is 1. The van der Waals surface area contributed by atoms with Crippen LogP contribution in [-0.4, -0.2) is 97.1 Å². The number of nitrogens with zero attached hydrogens (tertiary/aromatic N) is 3. The number of aromatic nitrogens is 1. The first-order valence-electron chi connectivity index (χ1n) is 18.4. The zero-order valence-corrected chi connectivity index (χ0v) is 31.1. The molecule has 0 bridgehead atoms. The lowest BCUT2D eigenvalue weighted by Gasteiger charge is -2.42. The standard InChI is InChI=1S/C41H44F6N4O5/c1-55-34-10-9-29(24-50-19-13-27(14-20-50)26-11-17-48-18-12-26)36(56-2)35(34)32-8-4-6-30-28(5-3-7-31(30)32)23-33(37(52)53)49-38(54)39(41(45,46)47)15-21-51(22-16-39)25-40(42,43)44/h3-12,17-18,27,33H,13-16,19-25H2,1-2H3,(H,49,54)(H,52,53)/t33-/m0/s1. The van der Waals surface area contributed by atoms with E-state index in [9.17, 15) is 41.0 Å². The van der Waals surface area contributed by atoms with Crippen LogP contribution in [0.5, 0.6) is 11.5 Å². The number of hydrogen-bond acceptors (Lipinski definition) is 7. The molecule has 0 aliphatic carbocycles. The summed E-state index contributed by atoms with van der Waals surface area (Å²) in [4.78, 5) is 33.2. The summed E-state index contributed by atoms with van der Waals surface area (Å²) in [5.74, 6) is -1.53. The average Bonchev–Trinajstić information content (AvgIpc) is 3.17. The van der Waals surface area contributed by atoms with Crippen LogP contribution in [0.2, 0.25) is 0 Å². The summed E-state index contributed by atoms with van der Waals surface area (Å²) in [6.07, 6.45) is -6.35. The van der Waals surface area contributed by atoms with Gasteiger partial charge in [0, 0.05) is 30.9 Å². The van der Waals surface area contributed by atoms with E-state index in [1.807, 2.05) is 36.7 Å². The van der Waals surface area contributed by atoms with E-state index in [1.54, 1.807) is 38.5 Å². The number of methoxy groups -OCH3 is 2. The Morgan fingerprint density at radius 1 is 0.857 bits per heavy atom. The quantitative estimate of drug-likeness (QED) is 0.142. The summed E-state index contributed by atoms with van der Waals surface area (Å²) in [6, 6.07) is 16.8. The fourth-order valence-corrected chi connectivity index (χ4v) is 8.16. The van der Waals surface area contributed by atoms with Crippen LogP contribution < -0.4 is 14.8 Å². The summed E-state index contributed by atoms with van der Waals surface area (Å²) < 4.78 is 94.2. The van der Waals surface area contributed by atoms with E-state index < -0.39 is 68.2 Å². The lowest BCUT2D eigenvalue weighted by atomic mass is 9.76. The third-order valence-corrected chi connectivity index (χ3v) is 11.2. The van der Waals surface area contributed by atoms with Crippen molar-refractivity contribution in [1.29, 1.82) is 0 Å². The van der Waals surface area contributed by atoms with E-state index in [-0.39, 0.29) is 6.42 Å². The van der Waals surface area contributed by atoms with Crippen LogP contribution in [0, 0.1) is 5.41 Å². The van der Waals surface area contributed by atoms with E-state index >= 15 is 0 Å². The van der Waals surface area contributed by atoms with Crippen LogP contribution in [0.15, 0.2) is 73.1 Å². The minimum Gasteiger partial charge on any atom is -0.496 e. The van der Waals surface area contributed by atoms with Gasteiger partial charge < -0.3 is 19.9 Å². The monoisotopic (exact) mass is 786 g/mol. The van der Waals surface area contributed by atoms with Gasteiger partial charge in [-0.15, -0.1) is 0 Å². The number of hydrogen-bond donors (Lipinski definition) is 2. The van der Waals surface area contributed by atoms with E-state index in [1.165, 1.54) is 5.56 Å². The van der Waals surface area contributed by atoms with Crippen molar-refractivity contribution in [3.05, 3.63) is 89.7 Å². The average molecular weight is 787 g/mol. The first kappa shape index (κ1) is 40.8. The number of pyridine rings is 1. The molecule has 1 amide bonds. The number of carbonyl (C=O) groups is 2. The zero-order chi connectivity index (χ0) is 40.3. The number of alkyl halides is 6. The normalized spacial score (nSPS) is 17.7. The fourth-order valence-electron chi connectivity index (χ4n) is 8.16. The predicted octanol–water partition coefficient (Wildman–Crippen LogP) is 7.62. The molecule has 2 fully saturated rings. The Balaban J connectivity index is 1.26. The molecule has 2 saturated heterocycles. The van der Waals surface area contributed by atoms with Crippen molar-refractivity contribution < 1.29 is 50.5 Å². The van der Waals surface area contributed by atoms with Gasteiger partial charge in [-0.1, -0.05) is 42.5 Å². The molecule has 2 N–H and O–H groups in total. The molecule has 0 unspecified atom stereocenters. The number of rotatable bonds is 12. The Kier molecular flexibility index (Phi) is 12.1. The maximum absolute atomic E-state index is 14.5. The summed E-state index contributed by atoms with van der Waals surface area (Å²) in [5.41, 5.74) is 1.02. The van der Waals surface area contributed by atoms with Crippen LogP contribution in [0.25, 0.3) is 21.9 Å². The Morgan fingerprint density at radius 2 is 1.52 bits per heavy atom. The highest BCUT2D eigenvalue weighted by atomic mass is 19.4. The highest BCUT2D eigenvalue weighted by Gasteiger charge is 2.61. The van der Waals surface area contributed by atoms with Crippen LogP contribution in [0.4, 0.5) is 26.3 Å². The zero-order valence-electron chi connectivity index (χ0n) is 31.1. The van der Waals surface area contributed by atoms with Crippen molar-refractivity contribution in [1.82, 2.24) is 20.1 Å². The number of halogens is 6. The Bertz CT molecular complexity index is 2010. The van der Waals surface area contributed by atoms with Gasteiger partial charge in [-0.2, -0.15) is 26.3 Å². The Labute approximate surface area is 320 Å². The van der Waals surface area contributed by atoms with E-state index in [2.05, 4.69) is 27.3 Å². The van der Waals surface area contributed by atoms with Gasteiger partial charge in [-0.05, 0) is 103 Å². The lowest BCUT2D eigenvalue weighted by Crippen LogP contribution is -2.59. The number of nitrogens with one attached hydrogen (secondary N) is 1. The second-order valence-corrected chi connectivity index (χ2v) is 14.5. The van der Waals surface area contributed by atoms with E-state index in [0.717, 1.165) is 36.4 Å². The van der Waals surface area contributed by atoms with Gasteiger partial charge in [0.1, 0.15) is 23.0 Å². The molecular weight excluding hydrogens is 742 g/mol. The molecule has 1 aromatic heterocycles. The predicted molar refractivity (Wildman–Crippen MR) is 197 cm³/mol. The minimum absolute atomic E-state index is 0.361. The first-order chi connectivity index (χ1) is 26.6. The van der Waals surface area contributed by atoms with Gasteiger partial charge in [-0.25, -0.2) is 4.79 Å². The van der Waals surface area contributed by atoms with Crippen molar-refractivity contribution >= 4 is 22.6 Å². The van der Waals surface area contributed by atoms with Gasteiger partial charge in [-0.3, -0.25) is 19.6 Å². The molecule has 1 atom stereocenters. The Morgan fingerprint density at radius 3 is 2.12 bits per heavy atom. The number of likely N-dealkylation sites (tertiary alicyclic amines) is 2. The van der Waals surface area contributed by atoms with Crippen molar-refractivity contribution in [3.63, 3.8) is 0 Å². The molecular formula is C41H44F6N4O5. The van der Waals surface area contributed by atoms with E-state index in [0.29, 0.717) is 51.4 Å². The number of carboxylic acid groups (broad SMARTS) is 1. The molecule has 3 aromatic carbocycles. The molecule has 2 aliphatic rings. The molecule has 15 heteroatoms. The SMILES string of the molecule is COc1ccc(CN2CCC(c3ccncc3)CC2)c(OC)c1-c1cccc2c(C[C@H](NC(=O)C3(C(F)(F)F)CCN(CC(F)(F)F)CC3)C(=O)O)cccc12. The summed E-state index contributed by atoms with van der Waals surface area (Å²) in [7, 11) is 3.13. The van der Waals surface area contributed by atoms with Crippen LogP contribution >= 0.6 is 0 Å². The second-order valence-electron chi connectivity index (χ2n) is 14.5. The molecule has 3 heterocycles. The smallest absolute Gasteiger partial charge is 0.403 e. The summed E-state index contributed by atoms with van der Waals surface area (Å²) in [6.45, 7) is -0.268. The number of fused-ring (bicyclic) bond motifs is 1. The number of aliphatic carboxylic acids is 1. The van der Waals surface area contributed by atoms with Crippen LogP contribution in [0.1, 0.15) is 48.3 Å². The van der Waals surface area contributed by atoms with E-state index in [4.69, 9.17) is 9.47 Å². The Hall–Kier alpha value is -4.89. The minimum atomic E-state index is -5.12. The lowest BCUT2D eigenvalue weighted by molar-refractivity contribution is -0.236. The van der Waals surface area contributed by atoms with Crippen molar-refractivity contribution in [2.24, 2.45) is 5.41 Å². The van der Waals surface area contributed by atoms with Gasteiger partial charge in [0.25, 0.3) is 0 Å². The molecule has 0 spiro atoms. The largest absolute Gasteiger partial charge is 0.496 e. The van der Waals surface area contributed by atoms with Gasteiger partial charge >= 0.3 is 18.3 Å². The van der Waals surface area contributed by atoms with Crippen LogP contribution in [0.3, 0.4) is 0 Å². The maximum Gasteiger partial charge on any atom is 0.403 e. The third-order valence-electron chi connectivity index (χ3n) is 11.2. The summed E-state index contributed by atoms with van der Waals surface area (Å²) in [5, 5.41) is 13.5. The molecule has 6 rings (SSSR count). The van der Waals surface area contributed by atoms with Crippen molar-refractivity contribution in [2.75, 3.05) is 46.9 Å². The highest BCUT2D eigenvalue weighted by Crippen LogP contribution is 2.48. The topological polar surface area (TPSA) is 104 Å². The maximum atomic E-state index is 14.5. The number of benzene rings is 3. The number of ether oxygens (including phenoxy) is 2. The number of amides is 1. The second kappa shape index (κ2) is 16.7. The molecule has 2 aliphatic heterocycles. The summed E-state index contributed by atoms with van der Waals surface area (Å²) >= 11 is 0. The molecule has 300 valence electrons. The molecule has 56 heavy (non-hydrogen) atoms. The highest BCUT2D eigenvalue weighted by molar-refractivity contribution is 6.01. The van der Waals surface area contributed by atoms with Crippen LogP contribution in [-0.2, 0) is 22.6 Å². The van der Waals surface area contributed by atoms with Crippen molar-refractivity contribution in [2.45, 2.75) is 63.0 Å². The van der Waals surface area contributed by atoms with Crippen molar-refractivity contribution in [3.8, 4) is 22.6 Å². The van der Waals surface area contributed by atoms with Gasteiger partial charge in [0.2, 0.25) is 5.91 Å².